The van der Waals surface area contributed by atoms with Gasteiger partial charge >= 0.3 is 12.1 Å². The maximum Gasteiger partial charge on any atom is 0.490 e. The maximum absolute atomic E-state index is 12.5. The van der Waals surface area contributed by atoms with Crippen molar-refractivity contribution < 1.29 is 36.2 Å². The summed E-state index contributed by atoms with van der Waals surface area (Å²) < 4.78 is 61.5. The highest BCUT2D eigenvalue weighted by molar-refractivity contribution is 7.93. The van der Waals surface area contributed by atoms with Gasteiger partial charge in [0.2, 0.25) is 0 Å². The fourth-order valence-corrected chi connectivity index (χ4v) is 6.71. The summed E-state index contributed by atoms with van der Waals surface area (Å²) in [5.41, 5.74) is 2.38. The number of hydrogen-bond acceptors (Lipinski definition) is 5. The first kappa shape index (κ1) is 22.6. The molecule has 0 amide bonds. The molecule has 2 fully saturated rings. The number of carboxylic acids is 1. The Morgan fingerprint density at radius 1 is 1.33 bits per heavy atom. The van der Waals surface area contributed by atoms with Crippen molar-refractivity contribution in [2.45, 2.75) is 23.9 Å². The van der Waals surface area contributed by atoms with E-state index < -0.39 is 26.7 Å². The molecule has 1 unspecified atom stereocenters. The summed E-state index contributed by atoms with van der Waals surface area (Å²) in [4.78, 5) is 14.4. The number of ether oxygens (including phenoxy) is 1. The second-order valence-corrected chi connectivity index (χ2v) is 10.1. The number of carbonyl (C=O) groups is 1. The highest BCUT2D eigenvalue weighted by Gasteiger charge is 2.61. The average molecular weight is 448 g/mol. The second-order valence-electron chi connectivity index (χ2n) is 7.63. The Bertz CT molecular complexity index is 1010. The topological polar surface area (TPSA) is 99.7 Å². The molecule has 2 aromatic rings. The fourth-order valence-electron chi connectivity index (χ4n) is 4.26. The van der Waals surface area contributed by atoms with Crippen LogP contribution < -0.4 is 0 Å². The molecule has 1 spiro atoms. The molecule has 0 saturated carbocycles. The quantitative estimate of drug-likeness (QED) is 0.746. The molecule has 1 atom stereocenters. The first-order valence-corrected chi connectivity index (χ1v) is 10.9. The Balaban J connectivity index is 0.000000318. The van der Waals surface area contributed by atoms with Crippen LogP contribution >= 0.6 is 0 Å². The molecule has 1 aromatic heterocycles. The molecule has 11 heteroatoms. The predicted octanol–water partition coefficient (Wildman–Crippen LogP) is 2.44. The lowest BCUT2D eigenvalue weighted by Gasteiger charge is -2.50. The number of aliphatic carboxylic acids is 1. The molecule has 1 aromatic carbocycles. The van der Waals surface area contributed by atoms with E-state index in [0.717, 1.165) is 18.5 Å². The normalized spacial score (nSPS) is 22.5. The number of hydrogen-bond donors (Lipinski definition) is 2. The van der Waals surface area contributed by atoms with Crippen LogP contribution in [-0.2, 0) is 25.9 Å². The lowest BCUT2D eigenvalue weighted by Crippen LogP contribution is -2.67. The van der Waals surface area contributed by atoms with E-state index in [1.54, 1.807) is 7.11 Å². The van der Waals surface area contributed by atoms with Crippen LogP contribution in [0.3, 0.4) is 0 Å². The molecular weight excluding hydrogens is 425 g/mol. The average Bonchev–Trinajstić information content (AvgIpc) is 3.19. The van der Waals surface area contributed by atoms with Crippen molar-refractivity contribution in [2.24, 2.45) is 5.92 Å². The third-order valence-electron chi connectivity index (χ3n) is 5.77. The van der Waals surface area contributed by atoms with Crippen LogP contribution in [0.25, 0.3) is 10.9 Å². The number of benzene rings is 1. The minimum atomic E-state index is -5.08. The summed E-state index contributed by atoms with van der Waals surface area (Å²) in [6, 6.07) is 8.31. The number of nitrogens with zero attached hydrogens (tertiary/aromatic N) is 1. The molecule has 4 rings (SSSR count). The van der Waals surface area contributed by atoms with Crippen molar-refractivity contribution in [3.63, 3.8) is 0 Å². The van der Waals surface area contributed by atoms with E-state index in [0.29, 0.717) is 25.4 Å². The van der Waals surface area contributed by atoms with Crippen LogP contribution in [0.5, 0.6) is 0 Å². The van der Waals surface area contributed by atoms with Crippen LogP contribution in [-0.4, -0.2) is 72.9 Å². The SMILES string of the molecule is COCC1CCS(=O)(=O)C12CN(Cc1cccc3[nH]ccc13)C2.O=C(O)C(F)(F)F. The number of methoxy groups -OCH3 is 1. The molecule has 30 heavy (non-hydrogen) atoms. The van der Waals surface area contributed by atoms with Gasteiger partial charge in [-0.1, -0.05) is 12.1 Å². The summed E-state index contributed by atoms with van der Waals surface area (Å²) in [7, 11) is -1.35. The van der Waals surface area contributed by atoms with Gasteiger partial charge in [-0.2, -0.15) is 13.2 Å². The lowest BCUT2D eigenvalue weighted by molar-refractivity contribution is -0.192. The Kier molecular flexibility index (Phi) is 6.17. The molecule has 166 valence electrons. The number of sulfone groups is 1. The van der Waals surface area contributed by atoms with Gasteiger partial charge in [0.1, 0.15) is 4.75 Å². The van der Waals surface area contributed by atoms with E-state index in [4.69, 9.17) is 14.6 Å². The van der Waals surface area contributed by atoms with Crippen LogP contribution in [0.4, 0.5) is 13.2 Å². The molecule has 2 aliphatic rings. The highest BCUT2D eigenvalue weighted by atomic mass is 32.2. The van der Waals surface area contributed by atoms with Gasteiger partial charge in [-0.05, 0) is 24.1 Å². The van der Waals surface area contributed by atoms with Gasteiger partial charge in [-0.25, -0.2) is 13.2 Å². The van der Waals surface area contributed by atoms with Crippen LogP contribution in [0, 0.1) is 5.92 Å². The van der Waals surface area contributed by atoms with Crippen LogP contribution in [0.2, 0.25) is 0 Å². The fraction of sp³-hybridized carbons (Fsp3) is 0.526. The van der Waals surface area contributed by atoms with Gasteiger partial charge in [0.25, 0.3) is 0 Å². The third-order valence-corrected chi connectivity index (χ3v) is 8.37. The summed E-state index contributed by atoms with van der Waals surface area (Å²) in [6.45, 7) is 2.60. The van der Waals surface area contributed by atoms with Gasteiger partial charge in [-0.15, -0.1) is 0 Å². The number of halogens is 3. The number of alkyl halides is 3. The van der Waals surface area contributed by atoms with Gasteiger partial charge in [0.15, 0.2) is 9.84 Å². The number of rotatable bonds is 4. The monoisotopic (exact) mass is 448 g/mol. The standard InChI is InChI=1S/C17H22N2O3S.C2HF3O2/c1-22-10-14-6-8-23(20,21)17(14)11-19(12-17)9-13-3-2-4-16-15(13)5-7-18-16;3-2(4,5)1(6)7/h2-5,7,14,18H,6,8-12H2,1H3;(H,6,7). The summed E-state index contributed by atoms with van der Waals surface area (Å²) >= 11 is 0. The smallest absolute Gasteiger partial charge is 0.475 e. The van der Waals surface area contributed by atoms with E-state index in [9.17, 15) is 21.6 Å². The van der Waals surface area contributed by atoms with Gasteiger partial charge < -0.3 is 14.8 Å². The van der Waals surface area contributed by atoms with Crippen molar-refractivity contribution >= 4 is 26.7 Å². The Morgan fingerprint density at radius 2 is 2.00 bits per heavy atom. The van der Waals surface area contributed by atoms with Crippen LogP contribution in [0.15, 0.2) is 30.5 Å². The molecule has 2 N–H and O–H groups in total. The van der Waals surface area contributed by atoms with E-state index in [2.05, 4.69) is 28.1 Å². The molecule has 0 bridgehead atoms. The number of likely N-dealkylation sites (tertiary alicyclic amines) is 1. The predicted molar refractivity (Wildman–Crippen MR) is 104 cm³/mol. The zero-order valence-corrected chi connectivity index (χ0v) is 17.1. The largest absolute Gasteiger partial charge is 0.490 e. The number of carboxylic acid groups (broad SMARTS) is 1. The van der Waals surface area contributed by atoms with Gasteiger partial charge in [-0.3, -0.25) is 4.90 Å². The number of H-pyrrole nitrogens is 1. The molecule has 2 saturated heterocycles. The number of aromatic nitrogens is 1. The molecule has 2 aliphatic heterocycles. The van der Waals surface area contributed by atoms with Crippen molar-refractivity contribution in [2.75, 3.05) is 32.6 Å². The van der Waals surface area contributed by atoms with E-state index in [1.165, 1.54) is 10.9 Å². The Labute approximate surface area is 171 Å². The summed E-state index contributed by atoms with van der Waals surface area (Å²) in [5.74, 6) is -2.31. The molecule has 0 radical (unpaired) electrons. The first-order chi connectivity index (χ1) is 14.0. The van der Waals surface area contributed by atoms with Crippen molar-refractivity contribution in [3.8, 4) is 0 Å². The number of aromatic amines is 1. The Morgan fingerprint density at radius 3 is 2.60 bits per heavy atom. The maximum atomic E-state index is 12.5. The van der Waals surface area contributed by atoms with Crippen molar-refractivity contribution in [3.05, 3.63) is 36.0 Å². The number of fused-ring (bicyclic) bond motifs is 1. The minimum absolute atomic E-state index is 0.136. The zero-order valence-electron chi connectivity index (χ0n) is 16.3. The summed E-state index contributed by atoms with van der Waals surface area (Å²) in [6.07, 6.45) is -2.40. The highest BCUT2D eigenvalue weighted by Crippen LogP contribution is 2.45. The van der Waals surface area contributed by atoms with Crippen LogP contribution in [0.1, 0.15) is 12.0 Å². The van der Waals surface area contributed by atoms with E-state index in [-0.39, 0.29) is 5.92 Å². The zero-order chi connectivity index (χ0) is 22.2. The van der Waals surface area contributed by atoms with E-state index in [1.807, 2.05) is 12.3 Å². The third kappa shape index (κ3) is 4.19. The van der Waals surface area contributed by atoms with Crippen molar-refractivity contribution in [1.82, 2.24) is 9.88 Å². The molecule has 7 nitrogen and oxygen atoms in total. The molecule has 3 heterocycles. The minimum Gasteiger partial charge on any atom is -0.475 e. The first-order valence-electron chi connectivity index (χ1n) is 9.29. The summed E-state index contributed by atoms with van der Waals surface area (Å²) in [5, 5.41) is 8.34. The molecular formula is C19H23F3N2O5S. The van der Waals surface area contributed by atoms with Crippen molar-refractivity contribution in [1.29, 1.82) is 0 Å². The van der Waals surface area contributed by atoms with Gasteiger partial charge in [0.05, 0.1) is 12.4 Å². The molecule has 0 aliphatic carbocycles. The Hall–Kier alpha value is -2.11. The van der Waals surface area contributed by atoms with E-state index >= 15 is 0 Å². The van der Waals surface area contributed by atoms with Gasteiger partial charge in [0, 0.05) is 49.8 Å². The number of nitrogens with one attached hydrogen (secondary N) is 1. The lowest BCUT2D eigenvalue weighted by atomic mass is 9.83. The second kappa shape index (κ2) is 8.20.